The first kappa shape index (κ1) is 24.4. The summed E-state index contributed by atoms with van der Waals surface area (Å²) in [6.45, 7) is 10.9. The maximum atomic E-state index is 12.9. The molecule has 1 saturated heterocycles. The first-order valence-electron chi connectivity index (χ1n) is 11.9. The molecular weight excluding hydrogens is 448 g/mol. The van der Waals surface area contributed by atoms with Crippen LogP contribution in [0.3, 0.4) is 0 Å². The summed E-state index contributed by atoms with van der Waals surface area (Å²) in [6, 6.07) is 16.0. The molecule has 0 saturated carbocycles. The van der Waals surface area contributed by atoms with Gasteiger partial charge in [0.15, 0.2) is 0 Å². The lowest BCUT2D eigenvalue weighted by Gasteiger charge is -2.31. The Labute approximate surface area is 206 Å². The molecular formula is C27H33ClN4O2. The Kier molecular flexibility index (Phi) is 7.39. The predicted molar refractivity (Wildman–Crippen MR) is 134 cm³/mol. The maximum absolute atomic E-state index is 12.9. The molecule has 1 aliphatic rings. The normalized spacial score (nSPS) is 16.4. The Morgan fingerprint density at radius 2 is 1.82 bits per heavy atom. The highest BCUT2D eigenvalue weighted by atomic mass is 35.5. The minimum absolute atomic E-state index is 0.0128. The summed E-state index contributed by atoms with van der Waals surface area (Å²) in [4.78, 5) is 19.6. The van der Waals surface area contributed by atoms with Crippen LogP contribution in [0.2, 0.25) is 5.02 Å². The molecule has 180 valence electrons. The van der Waals surface area contributed by atoms with Crippen LogP contribution in [-0.4, -0.2) is 34.0 Å². The van der Waals surface area contributed by atoms with Crippen molar-refractivity contribution in [1.29, 1.82) is 0 Å². The zero-order valence-electron chi connectivity index (χ0n) is 20.3. The van der Waals surface area contributed by atoms with Crippen molar-refractivity contribution < 1.29 is 9.32 Å². The third kappa shape index (κ3) is 5.86. The number of nitrogens with zero attached hydrogens (tertiary/aromatic N) is 3. The van der Waals surface area contributed by atoms with Crippen LogP contribution in [0.15, 0.2) is 53.1 Å². The van der Waals surface area contributed by atoms with E-state index in [1.165, 1.54) is 5.56 Å². The number of carbonyl (C=O) groups is 1. The van der Waals surface area contributed by atoms with E-state index in [0.717, 1.165) is 37.1 Å². The number of rotatable bonds is 6. The molecule has 34 heavy (non-hydrogen) atoms. The van der Waals surface area contributed by atoms with Gasteiger partial charge in [-0.15, -0.1) is 0 Å². The number of hydrogen-bond acceptors (Lipinski definition) is 5. The monoisotopic (exact) mass is 480 g/mol. The molecule has 3 aromatic rings. The van der Waals surface area contributed by atoms with Crippen molar-refractivity contribution in [3.8, 4) is 11.4 Å². The highest BCUT2D eigenvalue weighted by Crippen LogP contribution is 2.27. The molecule has 2 heterocycles. The lowest BCUT2D eigenvalue weighted by atomic mass is 9.86. The van der Waals surface area contributed by atoms with Gasteiger partial charge >= 0.3 is 0 Å². The molecule has 1 N–H and O–H groups in total. The number of halogens is 1. The second-order valence-electron chi connectivity index (χ2n) is 10.1. The van der Waals surface area contributed by atoms with E-state index in [0.29, 0.717) is 23.3 Å². The van der Waals surface area contributed by atoms with Crippen molar-refractivity contribution in [1.82, 2.24) is 20.4 Å². The third-order valence-corrected chi connectivity index (χ3v) is 6.87. The standard InChI is InChI=1S/C27H33ClN4O2/c1-18(19-9-11-21(12-10-19)27(2,3)4)29-26(33)20-13-15-32(16-14-20)17-24-30-25(31-34-24)22-7-5-6-8-23(22)28/h5-12,18,20H,13-17H2,1-4H3,(H,29,33). The van der Waals surface area contributed by atoms with Crippen LogP contribution in [0.4, 0.5) is 0 Å². The van der Waals surface area contributed by atoms with Gasteiger partial charge in [0.2, 0.25) is 17.6 Å². The largest absolute Gasteiger partial charge is 0.349 e. The Balaban J connectivity index is 1.27. The number of likely N-dealkylation sites (tertiary alicyclic amines) is 1. The van der Waals surface area contributed by atoms with E-state index in [4.69, 9.17) is 16.1 Å². The van der Waals surface area contributed by atoms with E-state index < -0.39 is 0 Å². The molecule has 1 aliphatic heterocycles. The quantitative estimate of drug-likeness (QED) is 0.484. The van der Waals surface area contributed by atoms with Crippen molar-refractivity contribution in [3.63, 3.8) is 0 Å². The molecule has 7 heteroatoms. The van der Waals surface area contributed by atoms with Gasteiger partial charge in [0.1, 0.15) is 0 Å². The minimum Gasteiger partial charge on any atom is -0.349 e. The summed E-state index contributed by atoms with van der Waals surface area (Å²) in [5, 5.41) is 7.88. The number of aromatic nitrogens is 2. The summed E-state index contributed by atoms with van der Waals surface area (Å²) in [5.41, 5.74) is 3.31. The molecule has 0 bridgehead atoms. The van der Waals surface area contributed by atoms with Gasteiger partial charge < -0.3 is 9.84 Å². The van der Waals surface area contributed by atoms with Gasteiger partial charge in [-0.2, -0.15) is 4.98 Å². The summed E-state index contributed by atoms with van der Waals surface area (Å²) in [6.07, 6.45) is 1.63. The Morgan fingerprint density at radius 3 is 2.47 bits per heavy atom. The van der Waals surface area contributed by atoms with E-state index in [2.05, 4.69) is 65.4 Å². The fraction of sp³-hybridized carbons (Fsp3) is 0.444. The number of piperidine rings is 1. The Hall–Kier alpha value is -2.70. The van der Waals surface area contributed by atoms with E-state index in [-0.39, 0.29) is 23.3 Å². The second-order valence-corrected chi connectivity index (χ2v) is 10.6. The number of amides is 1. The lowest BCUT2D eigenvalue weighted by Crippen LogP contribution is -2.41. The fourth-order valence-electron chi connectivity index (χ4n) is 4.30. The van der Waals surface area contributed by atoms with Crippen LogP contribution in [0.5, 0.6) is 0 Å². The van der Waals surface area contributed by atoms with E-state index >= 15 is 0 Å². The third-order valence-electron chi connectivity index (χ3n) is 6.54. The van der Waals surface area contributed by atoms with Crippen molar-refractivity contribution >= 4 is 17.5 Å². The van der Waals surface area contributed by atoms with Gasteiger partial charge in [0.05, 0.1) is 17.6 Å². The molecule has 0 spiro atoms. The van der Waals surface area contributed by atoms with Crippen molar-refractivity contribution in [2.75, 3.05) is 13.1 Å². The maximum Gasteiger partial charge on any atom is 0.241 e. The molecule has 6 nitrogen and oxygen atoms in total. The molecule has 2 aromatic carbocycles. The lowest BCUT2D eigenvalue weighted by molar-refractivity contribution is -0.127. The molecule has 1 atom stereocenters. The smallest absolute Gasteiger partial charge is 0.241 e. The van der Waals surface area contributed by atoms with Gasteiger partial charge in [-0.3, -0.25) is 9.69 Å². The van der Waals surface area contributed by atoms with E-state index in [1.807, 2.05) is 31.2 Å². The SMILES string of the molecule is CC(NC(=O)C1CCN(Cc2nc(-c3ccccc3Cl)no2)CC1)c1ccc(C(C)(C)C)cc1. The molecule has 4 rings (SSSR count). The molecule has 1 amide bonds. The van der Waals surface area contributed by atoms with Crippen molar-refractivity contribution in [2.24, 2.45) is 5.92 Å². The van der Waals surface area contributed by atoms with Gasteiger partial charge in [0.25, 0.3) is 0 Å². The zero-order valence-corrected chi connectivity index (χ0v) is 21.1. The average molecular weight is 481 g/mol. The number of nitrogens with one attached hydrogen (secondary N) is 1. The van der Waals surface area contributed by atoms with Crippen LogP contribution in [0, 0.1) is 5.92 Å². The zero-order chi connectivity index (χ0) is 24.3. The van der Waals surface area contributed by atoms with E-state index in [9.17, 15) is 4.79 Å². The van der Waals surface area contributed by atoms with E-state index in [1.54, 1.807) is 0 Å². The summed E-state index contributed by atoms with van der Waals surface area (Å²) in [7, 11) is 0. The first-order chi connectivity index (χ1) is 16.2. The van der Waals surface area contributed by atoms with Gasteiger partial charge in [0, 0.05) is 11.5 Å². The molecule has 1 aromatic heterocycles. The predicted octanol–water partition coefficient (Wildman–Crippen LogP) is 5.78. The number of hydrogen-bond donors (Lipinski definition) is 1. The topological polar surface area (TPSA) is 71.3 Å². The van der Waals surface area contributed by atoms with Gasteiger partial charge in [-0.1, -0.05) is 73.9 Å². The van der Waals surface area contributed by atoms with Crippen LogP contribution in [0.1, 0.15) is 63.6 Å². The highest BCUT2D eigenvalue weighted by Gasteiger charge is 2.27. The summed E-state index contributed by atoms with van der Waals surface area (Å²) < 4.78 is 5.44. The number of carbonyl (C=O) groups excluding carboxylic acids is 1. The van der Waals surface area contributed by atoms with Gasteiger partial charge in [-0.05, 0) is 61.5 Å². The second kappa shape index (κ2) is 10.3. The Bertz CT molecular complexity index is 1110. The summed E-state index contributed by atoms with van der Waals surface area (Å²) in [5.74, 6) is 1.21. The molecule has 1 unspecified atom stereocenters. The van der Waals surface area contributed by atoms with Crippen LogP contribution in [-0.2, 0) is 16.8 Å². The minimum atomic E-state index is -0.0128. The van der Waals surface area contributed by atoms with Crippen LogP contribution >= 0.6 is 11.6 Å². The van der Waals surface area contributed by atoms with Crippen molar-refractivity contribution in [3.05, 3.63) is 70.6 Å². The van der Waals surface area contributed by atoms with Crippen molar-refractivity contribution in [2.45, 2.75) is 58.5 Å². The Morgan fingerprint density at radius 1 is 1.15 bits per heavy atom. The van der Waals surface area contributed by atoms with Gasteiger partial charge in [-0.25, -0.2) is 0 Å². The average Bonchev–Trinajstić information content (AvgIpc) is 3.27. The first-order valence-corrected chi connectivity index (χ1v) is 12.3. The molecule has 1 fully saturated rings. The summed E-state index contributed by atoms with van der Waals surface area (Å²) >= 11 is 6.24. The fourth-order valence-corrected chi connectivity index (χ4v) is 4.52. The molecule has 0 radical (unpaired) electrons. The van der Waals surface area contributed by atoms with Crippen LogP contribution < -0.4 is 5.32 Å². The van der Waals surface area contributed by atoms with Crippen LogP contribution in [0.25, 0.3) is 11.4 Å². The highest BCUT2D eigenvalue weighted by molar-refractivity contribution is 6.33. The number of benzene rings is 2. The molecule has 0 aliphatic carbocycles.